The van der Waals surface area contributed by atoms with Gasteiger partial charge in [0.15, 0.2) is 11.6 Å². The van der Waals surface area contributed by atoms with Crippen molar-refractivity contribution in [3.05, 3.63) is 152 Å². The van der Waals surface area contributed by atoms with Gasteiger partial charge in [-0.05, 0) is 109 Å². The molecule has 254 valence electrons. The van der Waals surface area contributed by atoms with Crippen LogP contribution in [0.15, 0.2) is 72.9 Å². The molecule has 2 aliphatic rings. The maximum atomic E-state index is 13.8. The van der Waals surface area contributed by atoms with Gasteiger partial charge in [0.1, 0.15) is 0 Å². The number of aromatic nitrogens is 5. The van der Waals surface area contributed by atoms with Crippen LogP contribution in [0.4, 0.5) is 0 Å². The third-order valence-corrected chi connectivity index (χ3v) is 11.8. The number of nitrogens with zero attached hydrogens (tertiary/aromatic N) is 1. The van der Waals surface area contributed by atoms with E-state index in [9.17, 15) is 9.59 Å². The second-order valence-corrected chi connectivity index (χ2v) is 16.3. The Morgan fingerprint density at radius 2 is 0.960 bits per heavy atom. The Bertz CT molecular complexity index is 2390. The fourth-order valence-corrected chi connectivity index (χ4v) is 7.98. The minimum atomic E-state index is -0.443. The van der Waals surface area contributed by atoms with E-state index in [2.05, 4.69) is 124 Å². The number of H-pyrrole nitrogens is 4. The Morgan fingerprint density at radius 3 is 1.46 bits per heavy atom. The molecule has 0 fully saturated rings. The smallest absolute Gasteiger partial charge is 0.196 e. The van der Waals surface area contributed by atoms with Crippen molar-refractivity contribution in [2.45, 2.75) is 77.0 Å². The van der Waals surface area contributed by atoms with E-state index in [0.29, 0.717) is 27.9 Å². The molecule has 50 heavy (non-hydrogen) atoms. The van der Waals surface area contributed by atoms with E-state index < -0.39 is 5.41 Å². The summed E-state index contributed by atoms with van der Waals surface area (Å²) in [4.78, 5) is 42.6. The maximum Gasteiger partial charge on any atom is 0.196 e. The number of hydrogen-bond donors (Lipinski definition) is 4. The number of rotatable bonds is 2. The molecule has 1 aromatic carbocycles. The van der Waals surface area contributed by atoms with Crippen LogP contribution in [0, 0.1) is 0 Å². The number of ketones is 2. The molecule has 5 aromatic heterocycles. The van der Waals surface area contributed by atoms with E-state index >= 15 is 0 Å². The lowest BCUT2D eigenvalue weighted by atomic mass is 9.83. The van der Waals surface area contributed by atoms with Gasteiger partial charge in [0.2, 0.25) is 0 Å². The summed E-state index contributed by atoms with van der Waals surface area (Å²) in [5, 5.41) is 0. The van der Waals surface area contributed by atoms with E-state index in [1.54, 1.807) is 24.4 Å². The Hall–Kier alpha value is -5.30. The molecular formula is C43H45N5O2. The predicted molar refractivity (Wildman–Crippen MR) is 199 cm³/mol. The van der Waals surface area contributed by atoms with Crippen molar-refractivity contribution in [1.29, 1.82) is 0 Å². The Labute approximate surface area is 293 Å². The van der Waals surface area contributed by atoms with Crippen LogP contribution in [0.5, 0.6) is 0 Å². The molecule has 7 nitrogen and oxygen atoms in total. The van der Waals surface area contributed by atoms with E-state index in [0.717, 1.165) is 51.1 Å². The van der Waals surface area contributed by atoms with E-state index in [-0.39, 0.29) is 27.8 Å². The first-order valence-corrected chi connectivity index (χ1v) is 17.4. The molecule has 4 N–H and O–H groups in total. The zero-order valence-electron chi connectivity index (χ0n) is 30.3. The van der Waals surface area contributed by atoms with E-state index in [1.165, 1.54) is 0 Å². The Kier molecular flexibility index (Phi) is 6.62. The van der Waals surface area contributed by atoms with Crippen molar-refractivity contribution in [3.63, 3.8) is 0 Å². The maximum absolute atomic E-state index is 13.8. The molecular weight excluding hydrogens is 619 g/mol. The first kappa shape index (κ1) is 31.9. The third kappa shape index (κ3) is 4.41. The van der Waals surface area contributed by atoms with Crippen molar-refractivity contribution >= 4 is 23.7 Å². The van der Waals surface area contributed by atoms with Crippen molar-refractivity contribution in [1.82, 2.24) is 24.5 Å². The van der Waals surface area contributed by atoms with Crippen molar-refractivity contribution in [2.24, 2.45) is 7.05 Å². The van der Waals surface area contributed by atoms with Crippen LogP contribution in [0.25, 0.3) is 12.2 Å². The molecule has 6 heterocycles. The molecule has 7 heteroatoms. The summed E-state index contributed by atoms with van der Waals surface area (Å²) in [7, 11) is 1.89. The molecule has 1 aliphatic heterocycles. The average molecular weight is 664 g/mol. The summed E-state index contributed by atoms with van der Waals surface area (Å²) in [6.45, 7) is 18.0. The quantitative estimate of drug-likeness (QED) is 0.148. The van der Waals surface area contributed by atoms with Gasteiger partial charge in [-0.2, -0.15) is 0 Å². The van der Waals surface area contributed by atoms with Gasteiger partial charge in [-0.1, -0.05) is 30.3 Å². The zero-order valence-corrected chi connectivity index (χ0v) is 30.3. The van der Waals surface area contributed by atoms with Crippen LogP contribution < -0.4 is 0 Å². The van der Waals surface area contributed by atoms with Gasteiger partial charge < -0.3 is 24.5 Å². The van der Waals surface area contributed by atoms with E-state index in [4.69, 9.17) is 0 Å². The highest BCUT2D eigenvalue weighted by Crippen LogP contribution is 2.42. The number of carbonyl (C=O) groups is 2. The molecule has 0 amide bonds. The standard InChI is InChI=1S/C43H45N5O2/c1-40(2)29-16-17-30(44-29)41(3,4)32-20-21-34(46-32)43(7,8)39-24(22-35(47-39)42(5,6)33-19-18-31(40)45-33)14-15-28-36-27(23-48(28)9)37(49)25-12-10-11-13-26(25)38(36)50/h10-23,44-47H,1-9H3/b15-14+. The predicted octanol–water partition coefficient (Wildman–Crippen LogP) is 8.90. The third-order valence-electron chi connectivity index (χ3n) is 11.8. The molecule has 0 unspecified atom stereocenters. The average Bonchev–Trinajstić information content (AvgIpc) is 3.91. The minimum Gasteiger partial charge on any atom is -0.361 e. The SMILES string of the molecule is Cn1cc2c(c1/C=C/c1cc3[nH]c1C(C)(C)c1ccc([nH]1)C(C)(C)c1ccc([nH]1)C(C)(C)c1ccc([nH]1)C3(C)C)C(=O)c1ccccc1C2=O. The molecule has 0 saturated carbocycles. The lowest BCUT2D eigenvalue weighted by molar-refractivity contribution is 0.0980. The van der Waals surface area contributed by atoms with Crippen molar-refractivity contribution in [2.75, 3.05) is 0 Å². The monoisotopic (exact) mass is 663 g/mol. The van der Waals surface area contributed by atoms with Gasteiger partial charge in [-0.25, -0.2) is 0 Å². The number of aromatic amines is 4. The number of aryl methyl sites for hydroxylation is 1. The highest BCUT2D eigenvalue weighted by Gasteiger charge is 2.38. The van der Waals surface area contributed by atoms with E-state index in [1.807, 2.05) is 23.8 Å². The first-order valence-electron chi connectivity index (χ1n) is 17.4. The Morgan fingerprint density at radius 1 is 0.520 bits per heavy atom. The van der Waals surface area contributed by atoms with Crippen molar-refractivity contribution < 1.29 is 9.59 Å². The van der Waals surface area contributed by atoms with Crippen LogP contribution in [0.3, 0.4) is 0 Å². The summed E-state index contributed by atoms with van der Waals surface area (Å²) in [6, 6.07) is 22.6. The topological polar surface area (TPSA) is 102 Å². The lowest BCUT2D eigenvalue weighted by Crippen LogP contribution is -2.26. The number of nitrogens with one attached hydrogen (secondary N) is 4. The molecule has 8 bridgehead atoms. The van der Waals surface area contributed by atoms with Gasteiger partial charge >= 0.3 is 0 Å². The summed E-state index contributed by atoms with van der Waals surface area (Å²) in [6.07, 6.45) is 5.86. The summed E-state index contributed by atoms with van der Waals surface area (Å²) < 4.78 is 1.89. The lowest BCUT2D eigenvalue weighted by Gasteiger charge is -2.28. The molecule has 6 aromatic rings. The molecule has 0 atom stereocenters. The van der Waals surface area contributed by atoms with Crippen LogP contribution in [0.2, 0.25) is 0 Å². The molecule has 0 spiro atoms. The summed E-state index contributed by atoms with van der Waals surface area (Å²) in [5.41, 5.74) is 11.1. The second kappa shape index (κ2) is 10.4. The van der Waals surface area contributed by atoms with Gasteiger partial charge in [-0.15, -0.1) is 0 Å². The summed E-state index contributed by atoms with van der Waals surface area (Å²) in [5.74, 6) is -0.235. The van der Waals surface area contributed by atoms with Gasteiger partial charge in [0.05, 0.1) is 16.8 Å². The normalized spacial score (nSPS) is 18.3. The summed E-state index contributed by atoms with van der Waals surface area (Å²) >= 11 is 0. The van der Waals surface area contributed by atoms with Crippen LogP contribution in [0.1, 0.15) is 144 Å². The van der Waals surface area contributed by atoms with Crippen LogP contribution in [-0.2, 0) is 28.7 Å². The highest BCUT2D eigenvalue weighted by atomic mass is 16.1. The second-order valence-electron chi connectivity index (χ2n) is 16.3. The van der Waals surface area contributed by atoms with Crippen molar-refractivity contribution in [3.8, 4) is 0 Å². The number of hydrogen-bond acceptors (Lipinski definition) is 2. The molecule has 0 radical (unpaired) electrons. The first-order chi connectivity index (χ1) is 23.5. The van der Waals surface area contributed by atoms with Crippen LogP contribution in [-0.4, -0.2) is 36.1 Å². The van der Waals surface area contributed by atoms with Crippen LogP contribution >= 0.6 is 0 Å². The molecule has 0 saturated heterocycles. The van der Waals surface area contributed by atoms with Gasteiger partial charge in [0.25, 0.3) is 0 Å². The number of fused-ring (bicyclic) bond motifs is 10. The van der Waals surface area contributed by atoms with Gasteiger partial charge in [0, 0.05) is 91.6 Å². The number of carbonyl (C=O) groups excluding carboxylic acids is 2. The molecule has 8 rings (SSSR count). The highest BCUT2D eigenvalue weighted by molar-refractivity contribution is 6.29. The molecule has 1 aliphatic carbocycles. The number of benzene rings is 1. The fourth-order valence-electron chi connectivity index (χ4n) is 7.98. The Balaban J connectivity index is 1.31. The largest absolute Gasteiger partial charge is 0.361 e. The van der Waals surface area contributed by atoms with Gasteiger partial charge in [-0.3, -0.25) is 9.59 Å². The fraction of sp³-hybridized carbons (Fsp3) is 0.302. The zero-order chi connectivity index (χ0) is 35.5. The minimum absolute atomic E-state index is 0.114.